The highest BCUT2D eigenvalue weighted by atomic mass is 16.5. The largest absolute Gasteiger partial charge is 0.489 e. The average molecular weight is 401 g/mol. The smallest absolute Gasteiger partial charge is 0.271 e. The van der Waals surface area contributed by atoms with Crippen molar-refractivity contribution >= 4 is 11.6 Å². The van der Waals surface area contributed by atoms with Crippen LogP contribution in [0, 0.1) is 0 Å². The summed E-state index contributed by atoms with van der Waals surface area (Å²) in [6, 6.07) is 27.1. The van der Waals surface area contributed by atoms with Crippen LogP contribution in [0.4, 0.5) is 0 Å². The lowest BCUT2D eigenvalue weighted by atomic mass is 10.0. The zero-order valence-corrected chi connectivity index (χ0v) is 17.4. The molecule has 0 aromatic heterocycles. The van der Waals surface area contributed by atoms with Crippen molar-refractivity contribution in [2.24, 2.45) is 5.10 Å². The van der Waals surface area contributed by atoms with Crippen LogP contribution in [0.1, 0.15) is 54.1 Å². The van der Waals surface area contributed by atoms with Gasteiger partial charge in [0.25, 0.3) is 5.91 Å². The third kappa shape index (κ3) is 6.59. The van der Waals surface area contributed by atoms with Gasteiger partial charge in [-0.1, -0.05) is 80.4 Å². The van der Waals surface area contributed by atoms with E-state index in [2.05, 4.69) is 17.5 Å². The van der Waals surface area contributed by atoms with Gasteiger partial charge < -0.3 is 4.74 Å². The van der Waals surface area contributed by atoms with Gasteiger partial charge in [-0.3, -0.25) is 4.79 Å². The highest BCUT2D eigenvalue weighted by molar-refractivity contribution is 6.02. The van der Waals surface area contributed by atoms with Crippen molar-refractivity contribution in [3.63, 3.8) is 0 Å². The first-order chi connectivity index (χ1) is 14.8. The van der Waals surface area contributed by atoms with E-state index < -0.39 is 0 Å². The first-order valence-corrected chi connectivity index (χ1v) is 10.5. The summed E-state index contributed by atoms with van der Waals surface area (Å²) in [7, 11) is 0. The van der Waals surface area contributed by atoms with E-state index in [1.807, 2.05) is 60.7 Å². The molecule has 0 fully saturated rings. The van der Waals surface area contributed by atoms with E-state index in [1.54, 1.807) is 24.3 Å². The first-order valence-electron chi connectivity index (χ1n) is 10.5. The van der Waals surface area contributed by atoms with Crippen LogP contribution in [0.5, 0.6) is 5.75 Å². The summed E-state index contributed by atoms with van der Waals surface area (Å²) in [4.78, 5) is 12.5. The normalized spacial score (nSPS) is 11.2. The minimum atomic E-state index is -0.228. The maximum Gasteiger partial charge on any atom is 0.271 e. The molecule has 0 aliphatic heterocycles. The Labute approximate surface area is 178 Å². The van der Waals surface area contributed by atoms with E-state index in [1.165, 1.54) is 0 Å². The minimum Gasteiger partial charge on any atom is -0.489 e. The summed E-state index contributed by atoms with van der Waals surface area (Å²) in [6.45, 7) is 2.67. The van der Waals surface area contributed by atoms with Crippen molar-refractivity contribution in [2.45, 2.75) is 39.2 Å². The highest BCUT2D eigenvalue weighted by Gasteiger charge is 2.08. The molecule has 30 heavy (non-hydrogen) atoms. The zero-order chi connectivity index (χ0) is 21.0. The lowest BCUT2D eigenvalue weighted by Gasteiger charge is -2.09. The van der Waals surface area contributed by atoms with Crippen molar-refractivity contribution in [1.29, 1.82) is 0 Å². The van der Waals surface area contributed by atoms with Crippen LogP contribution in [-0.4, -0.2) is 11.6 Å². The number of benzene rings is 3. The number of amides is 1. The van der Waals surface area contributed by atoms with Crippen LogP contribution >= 0.6 is 0 Å². The van der Waals surface area contributed by atoms with Gasteiger partial charge in [-0.05, 0) is 48.2 Å². The maximum atomic E-state index is 12.5. The topological polar surface area (TPSA) is 50.7 Å². The standard InChI is InChI=1S/C26H28N2O2/c1-2-3-6-15-25(22-13-9-5-10-14-22)27-28-26(29)23-16-18-24(19-17-23)30-20-21-11-7-4-8-12-21/h4-5,7-14,16-19H,2-3,6,15,20H2,1H3,(H,28,29)/b27-25+. The molecule has 1 N–H and O–H groups in total. The summed E-state index contributed by atoms with van der Waals surface area (Å²) in [5.74, 6) is 0.497. The van der Waals surface area contributed by atoms with Gasteiger partial charge in [0.15, 0.2) is 0 Å². The number of rotatable bonds is 10. The Bertz CT molecular complexity index is 936. The molecular formula is C26H28N2O2. The molecule has 0 radical (unpaired) electrons. The fourth-order valence-corrected chi connectivity index (χ4v) is 3.06. The molecule has 3 rings (SSSR count). The summed E-state index contributed by atoms with van der Waals surface area (Å²) >= 11 is 0. The van der Waals surface area contributed by atoms with Gasteiger partial charge in [0.2, 0.25) is 0 Å². The van der Waals surface area contributed by atoms with Crippen molar-refractivity contribution < 1.29 is 9.53 Å². The van der Waals surface area contributed by atoms with E-state index >= 15 is 0 Å². The third-order valence-electron chi connectivity index (χ3n) is 4.78. The lowest BCUT2D eigenvalue weighted by Crippen LogP contribution is -2.20. The molecule has 0 saturated carbocycles. The number of hydrogen-bond acceptors (Lipinski definition) is 3. The van der Waals surface area contributed by atoms with Gasteiger partial charge in [0.1, 0.15) is 12.4 Å². The molecule has 0 atom stereocenters. The van der Waals surface area contributed by atoms with Crippen LogP contribution in [0.25, 0.3) is 0 Å². The summed E-state index contributed by atoms with van der Waals surface area (Å²) in [5, 5.41) is 4.43. The number of hydrazone groups is 1. The molecule has 0 saturated heterocycles. The van der Waals surface area contributed by atoms with Gasteiger partial charge in [-0.25, -0.2) is 5.43 Å². The maximum absolute atomic E-state index is 12.5. The van der Waals surface area contributed by atoms with Crippen molar-refractivity contribution in [3.05, 3.63) is 102 Å². The predicted molar refractivity (Wildman–Crippen MR) is 122 cm³/mol. The number of ether oxygens (including phenoxy) is 1. The lowest BCUT2D eigenvalue weighted by molar-refractivity contribution is 0.0954. The summed E-state index contributed by atoms with van der Waals surface area (Å²) < 4.78 is 5.78. The van der Waals surface area contributed by atoms with Crippen molar-refractivity contribution in [3.8, 4) is 5.75 Å². The van der Waals surface area contributed by atoms with E-state index in [0.717, 1.165) is 48.3 Å². The number of nitrogens with zero attached hydrogens (tertiary/aromatic N) is 1. The van der Waals surface area contributed by atoms with E-state index in [0.29, 0.717) is 12.2 Å². The average Bonchev–Trinajstić information content (AvgIpc) is 2.81. The predicted octanol–water partition coefficient (Wildman–Crippen LogP) is 5.98. The molecular weight excluding hydrogens is 372 g/mol. The summed E-state index contributed by atoms with van der Waals surface area (Å²) in [5.41, 5.74) is 6.30. The van der Waals surface area contributed by atoms with Crippen LogP contribution in [-0.2, 0) is 6.61 Å². The molecule has 3 aromatic carbocycles. The molecule has 3 aromatic rings. The Balaban J connectivity index is 1.60. The minimum absolute atomic E-state index is 0.228. The Morgan fingerprint density at radius 3 is 2.17 bits per heavy atom. The number of carbonyl (C=O) groups excluding carboxylic acids is 1. The van der Waals surface area contributed by atoms with Crippen molar-refractivity contribution in [1.82, 2.24) is 5.43 Å². The number of nitrogens with one attached hydrogen (secondary N) is 1. The quantitative estimate of drug-likeness (QED) is 0.258. The van der Waals surface area contributed by atoms with E-state index in [4.69, 9.17) is 4.74 Å². The molecule has 154 valence electrons. The monoisotopic (exact) mass is 400 g/mol. The Morgan fingerprint density at radius 2 is 1.50 bits per heavy atom. The van der Waals surface area contributed by atoms with Gasteiger partial charge in [0.05, 0.1) is 5.71 Å². The number of unbranched alkanes of at least 4 members (excludes halogenated alkanes) is 2. The Hall–Kier alpha value is -3.40. The molecule has 0 unspecified atom stereocenters. The second-order valence-corrected chi connectivity index (χ2v) is 7.12. The Kier molecular flexibility index (Phi) is 8.22. The van der Waals surface area contributed by atoms with Gasteiger partial charge in [-0.2, -0.15) is 5.10 Å². The molecule has 0 aliphatic carbocycles. The van der Waals surface area contributed by atoms with Crippen LogP contribution < -0.4 is 10.2 Å². The molecule has 0 aliphatic rings. The van der Waals surface area contributed by atoms with Gasteiger partial charge >= 0.3 is 0 Å². The molecule has 0 heterocycles. The summed E-state index contributed by atoms with van der Waals surface area (Å²) in [6.07, 6.45) is 4.18. The molecule has 0 spiro atoms. The van der Waals surface area contributed by atoms with Crippen LogP contribution in [0.2, 0.25) is 0 Å². The van der Waals surface area contributed by atoms with Crippen molar-refractivity contribution in [2.75, 3.05) is 0 Å². The molecule has 1 amide bonds. The van der Waals surface area contributed by atoms with E-state index in [-0.39, 0.29) is 5.91 Å². The van der Waals surface area contributed by atoms with Crippen LogP contribution in [0.15, 0.2) is 90.0 Å². The fourth-order valence-electron chi connectivity index (χ4n) is 3.06. The highest BCUT2D eigenvalue weighted by Crippen LogP contribution is 2.15. The van der Waals surface area contributed by atoms with Gasteiger partial charge in [-0.15, -0.1) is 0 Å². The SMILES string of the molecule is CCCCC/C(=N\NC(=O)c1ccc(OCc2ccccc2)cc1)c1ccccc1. The molecule has 4 heteroatoms. The first kappa shape index (κ1) is 21.3. The second-order valence-electron chi connectivity index (χ2n) is 7.12. The van der Waals surface area contributed by atoms with Crippen LogP contribution in [0.3, 0.4) is 0 Å². The number of hydrogen-bond donors (Lipinski definition) is 1. The fraction of sp³-hybridized carbons (Fsp3) is 0.231. The molecule has 4 nitrogen and oxygen atoms in total. The number of carbonyl (C=O) groups is 1. The zero-order valence-electron chi connectivity index (χ0n) is 17.4. The molecule has 0 bridgehead atoms. The van der Waals surface area contributed by atoms with Gasteiger partial charge in [0, 0.05) is 5.56 Å². The Morgan fingerprint density at radius 1 is 0.833 bits per heavy atom. The third-order valence-corrected chi connectivity index (χ3v) is 4.78. The van der Waals surface area contributed by atoms with E-state index in [9.17, 15) is 4.79 Å². The second kappa shape index (κ2) is 11.6.